The van der Waals surface area contributed by atoms with Gasteiger partial charge < -0.3 is 10.2 Å². The van der Waals surface area contributed by atoms with Crippen LogP contribution in [0.15, 0.2) is 39.9 Å². The first-order valence-electron chi connectivity index (χ1n) is 14.0. The van der Waals surface area contributed by atoms with Crippen LogP contribution in [0, 0.1) is 0 Å². The minimum atomic E-state index is -2.51. The monoisotopic (exact) mass is 563 g/mol. The molecule has 3 aliphatic rings. The first-order chi connectivity index (χ1) is 18.2. The van der Waals surface area contributed by atoms with E-state index in [0.29, 0.717) is 6.04 Å². The van der Waals surface area contributed by atoms with Gasteiger partial charge in [0, 0.05) is 41.3 Å². The summed E-state index contributed by atoms with van der Waals surface area (Å²) in [6.07, 6.45) is 8.60. The Hall–Kier alpha value is -1.55. The molecule has 38 heavy (non-hydrogen) atoms. The van der Waals surface area contributed by atoms with Crippen molar-refractivity contribution < 1.29 is 8.78 Å². The van der Waals surface area contributed by atoms with Crippen molar-refractivity contribution in [3.8, 4) is 0 Å². The number of nitrogens with zero attached hydrogens (tertiary/aromatic N) is 3. The van der Waals surface area contributed by atoms with Crippen molar-refractivity contribution in [3.05, 3.63) is 40.8 Å². The Bertz CT molecular complexity index is 1200. The zero-order chi connectivity index (χ0) is 27.7. The number of anilines is 1. The van der Waals surface area contributed by atoms with Crippen LogP contribution in [-0.2, 0) is 0 Å². The maximum Gasteiger partial charge on any atom is 0.269 e. The second-order valence-corrected chi connectivity index (χ2v) is 12.9. The summed E-state index contributed by atoms with van der Waals surface area (Å²) in [5, 5.41) is 3.80. The van der Waals surface area contributed by atoms with E-state index in [1.54, 1.807) is 18.9 Å². The highest BCUT2D eigenvalue weighted by atomic mass is 32.2. The lowest BCUT2D eigenvalue weighted by Crippen LogP contribution is -2.57. The van der Waals surface area contributed by atoms with Gasteiger partial charge in [0.15, 0.2) is 5.82 Å². The Labute approximate surface area is 235 Å². The topological polar surface area (TPSA) is 44.6 Å². The van der Waals surface area contributed by atoms with Crippen molar-refractivity contribution in [1.29, 1.82) is 0 Å². The molecule has 210 valence electrons. The Balaban J connectivity index is 0.00000164. The zero-order valence-corrected chi connectivity index (χ0v) is 25.5. The van der Waals surface area contributed by atoms with Gasteiger partial charge in [0.1, 0.15) is 0 Å². The summed E-state index contributed by atoms with van der Waals surface area (Å²) < 4.78 is 33.2. The van der Waals surface area contributed by atoms with Crippen LogP contribution in [0.1, 0.15) is 86.4 Å². The Kier molecular flexibility index (Phi) is 9.22. The van der Waals surface area contributed by atoms with Gasteiger partial charge in [-0.05, 0) is 77.8 Å². The van der Waals surface area contributed by atoms with Crippen LogP contribution in [0.2, 0.25) is 0 Å². The summed E-state index contributed by atoms with van der Waals surface area (Å²) in [7, 11) is 0. The largest absolute Gasteiger partial charge is 0.366 e. The maximum atomic E-state index is 13.7. The maximum absolute atomic E-state index is 13.7. The molecule has 0 radical (unpaired) electrons. The standard InChI is InChI=1S/C27H37F2N5S2.C2H6/c1-6-17(3)23(35-22(7-2)24(28)29)25-30-13-21-20(33-14-18(4)31-27(16-33)10-11-27)12-19(15-34(21)25)36-32-26(5)8-9-26;1-2/h7,12-13,15,18,24,31-32H,6,8-11,14,16H2,1-5H3;1-2H3/b22-7-,23-17?;/t18-;/m0./s1. The summed E-state index contributed by atoms with van der Waals surface area (Å²) >= 11 is 2.81. The Morgan fingerprint density at radius 1 is 1.29 bits per heavy atom. The number of allylic oxidation sites excluding steroid dienone is 3. The van der Waals surface area contributed by atoms with Gasteiger partial charge in [0.2, 0.25) is 0 Å². The zero-order valence-electron chi connectivity index (χ0n) is 23.8. The van der Waals surface area contributed by atoms with E-state index in [9.17, 15) is 8.78 Å². The molecular formula is C29H43F2N5S2. The third kappa shape index (κ3) is 6.43. The first-order valence-corrected chi connectivity index (χ1v) is 15.6. The third-order valence-electron chi connectivity index (χ3n) is 7.59. The summed E-state index contributed by atoms with van der Waals surface area (Å²) in [5.74, 6) is 0.736. The van der Waals surface area contributed by atoms with Gasteiger partial charge in [0.05, 0.1) is 27.2 Å². The van der Waals surface area contributed by atoms with E-state index in [0.717, 1.165) is 58.0 Å². The van der Waals surface area contributed by atoms with E-state index in [2.05, 4.69) is 52.4 Å². The van der Waals surface area contributed by atoms with Crippen LogP contribution < -0.4 is 14.9 Å². The molecule has 0 unspecified atom stereocenters. The Morgan fingerprint density at radius 2 is 2.00 bits per heavy atom. The average molecular weight is 564 g/mol. The van der Waals surface area contributed by atoms with Crippen molar-refractivity contribution in [3.63, 3.8) is 0 Å². The predicted octanol–water partition coefficient (Wildman–Crippen LogP) is 7.88. The van der Waals surface area contributed by atoms with Crippen LogP contribution in [-0.4, -0.2) is 46.0 Å². The molecule has 0 aromatic carbocycles. The number of pyridine rings is 1. The molecule has 2 N–H and O–H groups in total. The van der Waals surface area contributed by atoms with Crippen molar-refractivity contribution >= 4 is 39.8 Å². The molecule has 2 aromatic heterocycles. The summed E-state index contributed by atoms with van der Waals surface area (Å²) in [6, 6.07) is 2.68. The number of imidazole rings is 1. The average Bonchev–Trinajstić information content (AvgIpc) is 3.79. The minimum Gasteiger partial charge on any atom is -0.366 e. The molecule has 1 atom stereocenters. The van der Waals surface area contributed by atoms with Crippen molar-refractivity contribution in [2.75, 3.05) is 18.0 Å². The molecule has 1 saturated heterocycles. The number of halogens is 2. The van der Waals surface area contributed by atoms with Crippen LogP contribution in [0.4, 0.5) is 14.5 Å². The molecule has 1 aliphatic heterocycles. The lowest BCUT2D eigenvalue weighted by molar-refractivity contribution is 0.200. The molecule has 2 aromatic rings. The van der Waals surface area contributed by atoms with Gasteiger partial charge in [-0.2, -0.15) is 0 Å². The molecule has 5 rings (SSSR count). The van der Waals surface area contributed by atoms with Crippen LogP contribution in [0.25, 0.3) is 10.4 Å². The lowest BCUT2D eigenvalue weighted by atomic mass is 10.1. The van der Waals surface area contributed by atoms with Crippen molar-refractivity contribution in [2.24, 2.45) is 0 Å². The normalized spacial score (nSPS) is 22.4. The summed E-state index contributed by atoms with van der Waals surface area (Å²) in [6.45, 7) is 16.2. The number of hydrogen-bond acceptors (Lipinski definition) is 6. The van der Waals surface area contributed by atoms with Crippen molar-refractivity contribution in [2.45, 2.75) is 109 Å². The highest BCUT2D eigenvalue weighted by molar-refractivity contribution is 8.11. The third-order valence-corrected chi connectivity index (χ3v) is 10.0. The molecule has 5 nitrogen and oxygen atoms in total. The van der Waals surface area contributed by atoms with E-state index in [4.69, 9.17) is 4.98 Å². The lowest BCUT2D eigenvalue weighted by Gasteiger charge is -2.40. The molecule has 9 heteroatoms. The van der Waals surface area contributed by atoms with Gasteiger partial charge in [-0.15, -0.1) is 0 Å². The van der Waals surface area contributed by atoms with Crippen LogP contribution in [0.3, 0.4) is 0 Å². The molecule has 3 heterocycles. The minimum absolute atomic E-state index is 0.0650. The van der Waals surface area contributed by atoms with Crippen LogP contribution in [0.5, 0.6) is 0 Å². The van der Waals surface area contributed by atoms with Gasteiger partial charge in [-0.3, -0.25) is 9.12 Å². The number of thioether (sulfide) groups is 1. The van der Waals surface area contributed by atoms with E-state index >= 15 is 0 Å². The second kappa shape index (κ2) is 11.9. The van der Waals surface area contributed by atoms with E-state index in [1.165, 1.54) is 37.4 Å². The molecule has 3 fully saturated rings. The Morgan fingerprint density at radius 3 is 2.58 bits per heavy atom. The quantitative estimate of drug-likeness (QED) is 0.303. The van der Waals surface area contributed by atoms with Gasteiger partial charge in [-0.25, -0.2) is 13.8 Å². The molecular weight excluding hydrogens is 520 g/mol. The molecule has 0 amide bonds. The molecule has 2 saturated carbocycles. The molecule has 1 spiro atoms. The van der Waals surface area contributed by atoms with Gasteiger partial charge >= 0.3 is 0 Å². The number of aromatic nitrogens is 2. The number of hydrogen-bond donors (Lipinski definition) is 2. The van der Waals surface area contributed by atoms with E-state index in [1.807, 2.05) is 27.0 Å². The molecule has 2 aliphatic carbocycles. The molecule has 0 bridgehead atoms. The fraction of sp³-hybridized carbons (Fsp3) is 0.621. The van der Waals surface area contributed by atoms with Gasteiger partial charge in [0.25, 0.3) is 6.43 Å². The fourth-order valence-corrected chi connectivity index (χ4v) is 6.75. The summed E-state index contributed by atoms with van der Waals surface area (Å²) in [5.41, 5.74) is 3.66. The predicted molar refractivity (Wildman–Crippen MR) is 160 cm³/mol. The first kappa shape index (κ1) is 29.4. The number of fused-ring (bicyclic) bond motifs is 1. The SMILES string of the molecule is C/C=C(\SC(=C(C)CC)c1ncc2c(N3C[C@H](C)NC4(CC4)C3)cc(SNC3(C)CC3)cn12)C(F)F.CC. The highest BCUT2D eigenvalue weighted by Gasteiger charge is 2.47. The number of rotatable bonds is 9. The van der Waals surface area contributed by atoms with E-state index in [-0.39, 0.29) is 16.0 Å². The van der Waals surface area contributed by atoms with Gasteiger partial charge in [-0.1, -0.05) is 44.2 Å². The number of alkyl halides is 2. The van der Waals surface area contributed by atoms with Crippen molar-refractivity contribution in [1.82, 2.24) is 19.4 Å². The highest BCUT2D eigenvalue weighted by Crippen LogP contribution is 2.44. The van der Waals surface area contributed by atoms with Crippen LogP contribution >= 0.6 is 23.7 Å². The van der Waals surface area contributed by atoms with E-state index < -0.39 is 6.43 Å². The second-order valence-electron chi connectivity index (χ2n) is 10.9. The smallest absolute Gasteiger partial charge is 0.269 e. The number of nitrogens with one attached hydrogen (secondary N) is 2. The number of piperazine rings is 1. The fourth-order valence-electron chi connectivity index (χ4n) is 4.85. The summed E-state index contributed by atoms with van der Waals surface area (Å²) in [4.78, 5) is 9.33.